The van der Waals surface area contributed by atoms with Gasteiger partial charge in [-0.3, -0.25) is 0 Å². The van der Waals surface area contributed by atoms with E-state index in [0.29, 0.717) is 13.2 Å². The second kappa shape index (κ2) is 8.09. The van der Waals surface area contributed by atoms with E-state index in [1.54, 1.807) is 6.33 Å². The monoisotopic (exact) mass is 286 g/mol. The van der Waals surface area contributed by atoms with Crippen LogP contribution in [0.25, 0.3) is 0 Å². The highest BCUT2D eigenvalue weighted by Gasteiger charge is 2.09. The van der Waals surface area contributed by atoms with Crippen LogP contribution in [0.1, 0.15) is 18.9 Å². The number of para-hydroxylation sites is 1. The highest BCUT2D eigenvalue weighted by atomic mass is 16.5. The maximum absolute atomic E-state index is 5.66. The summed E-state index contributed by atoms with van der Waals surface area (Å²) in [6.45, 7) is 3.44. The molecule has 0 saturated carbocycles. The molecule has 0 aliphatic heterocycles. The van der Waals surface area contributed by atoms with E-state index in [1.165, 1.54) is 0 Å². The maximum Gasteiger partial charge on any atom is 0.134 e. The molecule has 112 valence electrons. The Labute approximate surface area is 125 Å². The number of rotatable bonds is 8. The first kappa shape index (κ1) is 15.1. The number of anilines is 2. The van der Waals surface area contributed by atoms with E-state index >= 15 is 0 Å². The minimum Gasteiger partial charge on any atom is -0.492 e. The first-order valence-electron chi connectivity index (χ1n) is 7.28. The smallest absolute Gasteiger partial charge is 0.134 e. The minimum absolute atomic E-state index is 0.592. The van der Waals surface area contributed by atoms with Crippen LogP contribution in [0.4, 0.5) is 11.6 Å². The van der Waals surface area contributed by atoms with Crippen molar-refractivity contribution in [2.24, 2.45) is 0 Å². The number of nitrogens with zero attached hydrogens (tertiary/aromatic N) is 2. The van der Waals surface area contributed by atoms with Crippen LogP contribution in [0, 0.1) is 0 Å². The number of hydrogen-bond acceptors (Lipinski definition) is 5. The van der Waals surface area contributed by atoms with Gasteiger partial charge in [0.05, 0.1) is 6.54 Å². The topological polar surface area (TPSA) is 59.1 Å². The zero-order valence-electron chi connectivity index (χ0n) is 12.6. The quantitative estimate of drug-likeness (QED) is 0.731. The fourth-order valence-electron chi connectivity index (χ4n) is 2.12. The molecule has 0 unspecified atom stereocenters. The predicted octanol–water partition coefficient (Wildman–Crippen LogP) is 2.96. The van der Waals surface area contributed by atoms with E-state index < -0.39 is 0 Å². The Hall–Kier alpha value is -2.30. The lowest BCUT2D eigenvalue weighted by atomic mass is 10.1. The van der Waals surface area contributed by atoms with Crippen molar-refractivity contribution in [1.29, 1.82) is 0 Å². The number of aromatic nitrogens is 2. The van der Waals surface area contributed by atoms with Crippen LogP contribution in [0.15, 0.2) is 36.7 Å². The molecule has 2 rings (SSSR count). The van der Waals surface area contributed by atoms with Gasteiger partial charge in [-0.15, -0.1) is 0 Å². The Kier molecular flexibility index (Phi) is 5.82. The molecule has 0 radical (unpaired) electrons. The summed E-state index contributed by atoms with van der Waals surface area (Å²) in [6, 6.07) is 9.80. The van der Waals surface area contributed by atoms with Crippen molar-refractivity contribution in [3.63, 3.8) is 0 Å². The van der Waals surface area contributed by atoms with Gasteiger partial charge in [-0.2, -0.15) is 0 Å². The summed E-state index contributed by atoms with van der Waals surface area (Å²) < 4.78 is 5.66. The van der Waals surface area contributed by atoms with Crippen molar-refractivity contribution >= 4 is 11.6 Å². The van der Waals surface area contributed by atoms with Gasteiger partial charge in [0.1, 0.15) is 30.3 Å². The Bertz CT molecular complexity index is 545. The average Bonchev–Trinajstić information content (AvgIpc) is 2.54. The number of ether oxygens (including phenoxy) is 1. The summed E-state index contributed by atoms with van der Waals surface area (Å²) in [6.07, 6.45) is 3.57. The standard InChI is InChI=1S/C16H22N4O/c1-3-7-14-15(17-2)19-12-20-16(14)18-10-11-21-13-8-5-4-6-9-13/h4-6,8-9,12H,3,7,10-11H2,1-2H3,(H2,17,18,19,20). The molecule has 21 heavy (non-hydrogen) atoms. The van der Waals surface area contributed by atoms with E-state index in [4.69, 9.17) is 4.74 Å². The molecule has 0 saturated heterocycles. The Morgan fingerprint density at radius 1 is 1.10 bits per heavy atom. The summed E-state index contributed by atoms with van der Waals surface area (Å²) in [5.41, 5.74) is 1.13. The van der Waals surface area contributed by atoms with Crippen molar-refractivity contribution in [3.8, 4) is 5.75 Å². The lowest BCUT2D eigenvalue weighted by Gasteiger charge is -2.14. The van der Waals surface area contributed by atoms with Gasteiger partial charge in [0, 0.05) is 12.6 Å². The fraction of sp³-hybridized carbons (Fsp3) is 0.375. The van der Waals surface area contributed by atoms with Crippen LogP contribution in [0.2, 0.25) is 0 Å². The van der Waals surface area contributed by atoms with Gasteiger partial charge in [-0.05, 0) is 18.6 Å². The van der Waals surface area contributed by atoms with Gasteiger partial charge >= 0.3 is 0 Å². The Morgan fingerprint density at radius 2 is 1.86 bits per heavy atom. The van der Waals surface area contributed by atoms with Crippen molar-refractivity contribution in [1.82, 2.24) is 9.97 Å². The zero-order chi connectivity index (χ0) is 14.9. The first-order valence-corrected chi connectivity index (χ1v) is 7.28. The van der Waals surface area contributed by atoms with E-state index in [2.05, 4.69) is 27.5 Å². The third-order valence-corrected chi connectivity index (χ3v) is 3.09. The second-order valence-electron chi connectivity index (χ2n) is 4.64. The van der Waals surface area contributed by atoms with E-state index in [0.717, 1.165) is 35.8 Å². The van der Waals surface area contributed by atoms with Crippen LogP contribution in [0.3, 0.4) is 0 Å². The van der Waals surface area contributed by atoms with Crippen LogP contribution < -0.4 is 15.4 Å². The molecule has 0 spiro atoms. The van der Waals surface area contributed by atoms with Crippen molar-refractivity contribution < 1.29 is 4.74 Å². The average molecular weight is 286 g/mol. The van der Waals surface area contributed by atoms with Gasteiger partial charge in [0.15, 0.2) is 0 Å². The third-order valence-electron chi connectivity index (χ3n) is 3.09. The van der Waals surface area contributed by atoms with Gasteiger partial charge in [-0.1, -0.05) is 31.5 Å². The highest BCUT2D eigenvalue weighted by Crippen LogP contribution is 2.20. The van der Waals surface area contributed by atoms with Crippen LogP contribution >= 0.6 is 0 Å². The molecule has 0 bridgehead atoms. The first-order chi connectivity index (χ1) is 10.3. The summed E-state index contributed by atoms with van der Waals surface area (Å²) in [5.74, 6) is 2.65. The lowest BCUT2D eigenvalue weighted by Crippen LogP contribution is -2.15. The number of hydrogen-bond donors (Lipinski definition) is 2. The van der Waals surface area contributed by atoms with Crippen molar-refractivity contribution in [3.05, 3.63) is 42.2 Å². The molecule has 1 heterocycles. The molecule has 1 aromatic carbocycles. The lowest BCUT2D eigenvalue weighted by molar-refractivity contribution is 0.332. The Balaban J connectivity index is 1.90. The largest absolute Gasteiger partial charge is 0.492 e. The predicted molar refractivity (Wildman–Crippen MR) is 86.0 cm³/mol. The zero-order valence-corrected chi connectivity index (χ0v) is 12.6. The molecule has 2 N–H and O–H groups in total. The molecule has 0 atom stereocenters. The third kappa shape index (κ3) is 4.34. The van der Waals surface area contributed by atoms with Crippen LogP contribution in [-0.2, 0) is 6.42 Å². The molecule has 2 aromatic rings. The van der Waals surface area contributed by atoms with E-state index in [-0.39, 0.29) is 0 Å². The molecular weight excluding hydrogens is 264 g/mol. The van der Waals surface area contributed by atoms with Gasteiger partial charge in [0.2, 0.25) is 0 Å². The van der Waals surface area contributed by atoms with Gasteiger partial charge < -0.3 is 15.4 Å². The maximum atomic E-state index is 5.66. The molecule has 0 fully saturated rings. The number of nitrogens with one attached hydrogen (secondary N) is 2. The second-order valence-corrected chi connectivity index (χ2v) is 4.64. The molecule has 1 aromatic heterocycles. The Morgan fingerprint density at radius 3 is 2.57 bits per heavy atom. The van der Waals surface area contributed by atoms with Crippen molar-refractivity contribution in [2.75, 3.05) is 30.8 Å². The normalized spacial score (nSPS) is 10.2. The highest BCUT2D eigenvalue weighted by molar-refractivity contribution is 5.57. The number of benzene rings is 1. The molecule has 5 heteroatoms. The summed E-state index contributed by atoms with van der Waals surface area (Å²) >= 11 is 0. The van der Waals surface area contributed by atoms with E-state index in [9.17, 15) is 0 Å². The summed E-state index contributed by atoms with van der Waals surface area (Å²) in [4.78, 5) is 8.59. The molecule has 0 aliphatic carbocycles. The fourth-order valence-corrected chi connectivity index (χ4v) is 2.12. The molecular formula is C16H22N4O. The van der Waals surface area contributed by atoms with Gasteiger partial charge in [0.25, 0.3) is 0 Å². The van der Waals surface area contributed by atoms with E-state index in [1.807, 2.05) is 37.4 Å². The molecule has 0 amide bonds. The summed E-state index contributed by atoms with van der Waals surface area (Å²) in [5, 5.41) is 6.44. The summed E-state index contributed by atoms with van der Waals surface area (Å²) in [7, 11) is 1.88. The minimum atomic E-state index is 0.592. The van der Waals surface area contributed by atoms with Crippen LogP contribution in [0.5, 0.6) is 5.75 Å². The van der Waals surface area contributed by atoms with Crippen molar-refractivity contribution in [2.45, 2.75) is 19.8 Å². The molecule has 0 aliphatic rings. The SMILES string of the molecule is CCCc1c(NC)ncnc1NCCOc1ccccc1. The van der Waals surface area contributed by atoms with Gasteiger partial charge in [-0.25, -0.2) is 9.97 Å². The van der Waals surface area contributed by atoms with Crippen LogP contribution in [-0.4, -0.2) is 30.2 Å². The molecule has 5 nitrogen and oxygen atoms in total.